The van der Waals surface area contributed by atoms with Crippen molar-refractivity contribution in [2.45, 2.75) is 30.6 Å². The van der Waals surface area contributed by atoms with Gasteiger partial charge in [0.2, 0.25) is 10.0 Å². The largest absolute Gasteiger partial charge is 0.386 e. The van der Waals surface area contributed by atoms with Crippen molar-refractivity contribution in [1.29, 1.82) is 5.26 Å². The molecule has 0 spiro atoms. The predicted octanol–water partition coefficient (Wildman–Crippen LogP) is -0.641. The number of sulfonamides is 1. The van der Waals surface area contributed by atoms with Crippen molar-refractivity contribution in [3.63, 3.8) is 0 Å². The van der Waals surface area contributed by atoms with E-state index in [2.05, 4.69) is 4.72 Å². The highest BCUT2D eigenvalue weighted by Crippen LogP contribution is 2.17. The molecule has 92 valence electrons. The summed E-state index contributed by atoms with van der Waals surface area (Å²) in [6.07, 6.45) is 0.625. The second-order valence-electron chi connectivity index (χ2n) is 3.92. The molecule has 1 heterocycles. The molecule has 0 radical (unpaired) electrons. The third kappa shape index (κ3) is 3.15. The molecule has 0 aromatic carbocycles. The molecule has 1 saturated heterocycles. The van der Waals surface area contributed by atoms with Crippen molar-refractivity contribution in [2.24, 2.45) is 0 Å². The lowest BCUT2D eigenvalue weighted by Gasteiger charge is -2.21. The molecule has 2 unspecified atom stereocenters. The zero-order valence-electron chi connectivity index (χ0n) is 9.14. The molecule has 7 heteroatoms. The Morgan fingerprint density at radius 1 is 1.69 bits per heavy atom. The Morgan fingerprint density at radius 3 is 2.81 bits per heavy atom. The van der Waals surface area contributed by atoms with Crippen LogP contribution in [-0.2, 0) is 14.8 Å². The number of aliphatic hydroxyl groups is 1. The number of hydrogen-bond donors (Lipinski definition) is 2. The summed E-state index contributed by atoms with van der Waals surface area (Å²) in [5.41, 5.74) is -1.14. The summed E-state index contributed by atoms with van der Waals surface area (Å²) in [5, 5.41) is 17.4. The molecular weight excluding hydrogens is 232 g/mol. The van der Waals surface area contributed by atoms with Gasteiger partial charge in [0, 0.05) is 19.6 Å². The maximum atomic E-state index is 11.6. The van der Waals surface area contributed by atoms with Crippen LogP contribution in [0, 0.1) is 11.3 Å². The highest BCUT2D eigenvalue weighted by atomic mass is 32.2. The first-order valence-corrected chi connectivity index (χ1v) is 6.66. The minimum Gasteiger partial charge on any atom is -0.386 e. The predicted molar refractivity (Wildman–Crippen MR) is 57.0 cm³/mol. The molecule has 2 atom stereocenters. The lowest BCUT2D eigenvalue weighted by Crippen LogP contribution is -2.45. The smallest absolute Gasteiger partial charge is 0.228 e. The number of rotatable bonds is 5. The summed E-state index contributed by atoms with van der Waals surface area (Å²) in [4.78, 5) is 0. The Bertz CT molecular complexity index is 367. The molecule has 1 aliphatic heterocycles. The lowest BCUT2D eigenvalue weighted by atomic mass is 10.1. The van der Waals surface area contributed by atoms with Crippen LogP contribution < -0.4 is 4.72 Å². The molecule has 0 bridgehead atoms. The third-order valence-corrected chi connectivity index (χ3v) is 4.31. The van der Waals surface area contributed by atoms with Crippen LogP contribution in [0.5, 0.6) is 0 Å². The highest BCUT2D eigenvalue weighted by molar-refractivity contribution is 7.90. The van der Waals surface area contributed by atoms with E-state index < -0.39 is 20.9 Å². The Labute approximate surface area is 95.3 Å². The number of nitriles is 1. The van der Waals surface area contributed by atoms with Gasteiger partial charge in [0.15, 0.2) is 5.25 Å². The van der Waals surface area contributed by atoms with E-state index in [0.29, 0.717) is 13.0 Å². The van der Waals surface area contributed by atoms with E-state index in [1.165, 1.54) is 0 Å². The molecule has 0 aromatic rings. The van der Waals surface area contributed by atoms with Crippen LogP contribution in [0.25, 0.3) is 0 Å². The topological polar surface area (TPSA) is 99.4 Å². The van der Waals surface area contributed by atoms with Crippen molar-refractivity contribution in [1.82, 2.24) is 4.72 Å². The van der Waals surface area contributed by atoms with Gasteiger partial charge >= 0.3 is 0 Å². The number of nitrogens with zero attached hydrogens (tertiary/aromatic N) is 1. The monoisotopic (exact) mass is 248 g/mol. The molecule has 0 aliphatic carbocycles. The normalized spacial score (nSPS) is 27.6. The Hall–Kier alpha value is -0.680. The van der Waals surface area contributed by atoms with Crippen LogP contribution >= 0.6 is 0 Å². The molecule has 1 rings (SSSR count). The molecule has 1 aliphatic rings. The van der Waals surface area contributed by atoms with Gasteiger partial charge < -0.3 is 9.84 Å². The van der Waals surface area contributed by atoms with Crippen molar-refractivity contribution in [2.75, 3.05) is 19.8 Å². The Kier molecular flexibility index (Phi) is 4.27. The van der Waals surface area contributed by atoms with Crippen molar-refractivity contribution >= 4 is 10.0 Å². The van der Waals surface area contributed by atoms with E-state index in [-0.39, 0.29) is 19.6 Å². The van der Waals surface area contributed by atoms with E-state index >= 15 is 0 Å². The highest BCUT2D eigenvalue weighted by Gasteiger charge is 2.34. The van der Waals surface area contributed by atoms with Crippen molar-refractivity contribution in [3.05, 3.63) is 0 Å². The number of hydrogen-bond acceptors (Lipinski definition) is 5. The zero-order valence-corrected chi connectivity index (χ0v) is 9.96. The average molecular weight is 248 g/mol. The summed E-state index contributed by atoms with van der Waals surface area (Å²) < 4.78 is 30.5. The summed E-state index contributed by atoms with van der Waals surface area (Å²) in [6, 6.07) is 1.72. The lowest BCUT2D eigenvalue weighted by molar-refractivity contribution is 0.0314. The maximum Gasteiger partial charge on any atom is 0.228 e. The van der Waals surface area contributed by atoms with E-state index in [1.54, 1.807) is 13.0 Å². The summed E-state index contributed by atoms with van der Waals surface area (Å²) in [7, 11) is -3.67. The van der Waals surface area contributed by atoms with Gasteiger partial charge in [-0.1, -0.05) is 6.92 Å². The van der Waals surface area contributed by atoms with Gasteiger partial charge in [-0.15, -0.1) is 0 Å². The zero-order chi connectivity index (χ0) is 12.2. The van der Waals surface area contributed by atoms with Crippen LogP contribution in [0.4, 0.5) is 0 Å². The van der Waals surface area contributed by atoms with Gasteiger partial charge in [0.1, 0.15) is 5.60 Å². The van der Waals surface area contributed by atoms with E-state index in [0.717, 1.165) is 0 Å². The van der Waals surface area contributed by atoms with Crippen molar-refractivity contribution < 1.29 is 18.3 Å². The summed E-state index contributed by atoms with van der Waals surface area (Å²) in [6.45, 7) is 2.07. The second kappa shape index (κ2) is 5.10. The van der Waals surface area contributed by atoms with Crippen LogP contribution in [0.15, 0.2) is 0 Å². The number of nitrogens with one attached hydrogen (secondary N) is 1. The molecule has 16 heavy (non-hydrogen) atoms. The molecule has 6 nitrogen and oxygen atoms in total. The quantitative estimate of drug-likeness (QED) is 0.674. The van der Waals surface area contributed by atoms with Gasteiger partial charge in [-0.05, 0) is 6.42 Å². The first-order chi connectivity index (χ1) is 7.43. The summed E-state index contributed by atoms with van der Waals surface area (Å²) >= 11 is 0. The average Bonchev–Trinajstić information content (AvgIpc) is 2.65. The van der Waals surface area contributed by atoms with E-state index in [1.807, 2.05) is 0 Å². The maximum absolute atomic E-state index is 11.6. The molecule has 0 aromatic heterocycles. The van der Waals surface area contributed by atoms with Crippen LogP contribution in [0.3, 0.4) is 0 Å². The summed E-state index contributed by atoms with van der Waals surface area (Å²) in [5.74, 6) is 0. The van der Waals surface area contributed by atoms with Gasteiger partial charge in [0.25, 0.3) is 0 Å². The Balaban J connectivity index is 2.57. The molecule has 0 saturated carbocycles. The fourth-order valence-corrected chi connectivity index (χ4v) is 2.70. The second-order valence-corrected chi connectivity index (χ2v) is 5.87. The molecule has 2 N–H and O–H groups in total. The SMILES string of the molecule is CCC(C#N)S(=O)(=O)NCC1(O)CCOC1. The van der Waals surface area contributed by atoms with E-state index in [9.17, 15) is 13.5 Å². The number of ether oxygens (including phenoxy) is 1. The fourth-order valence-electron chi connectivity index (χ4n) is 1.45. The fraction of sp³-hybridized carbons (Fsp3) is 0.889. The minimum absolute atomic E-state index is 0.104. The van der Waals surface area contributed by atoms with Crippen LogP contribution in [-0.4, -0.2) is 44.1 Å². The Morgan fingerprint density at radius 2 is 2.38 bits per heavy atom. The van der Waals surface area contributed by atoms with Gasteiger partial charge in [0.05, 0.1) is 12.7 Å². The van der Waals surface area contributed by atoms with Crippen LogP contribution in [0.1, 0.15) is 19.8 Å². The van der Waals surface area contributed by atoms with E-state index in [4.69, 9.17) is 10.00 Å². The molecular formula is C9H16N2O4S. The molecule has 0 amide bonds. The molecule has 1 fully saturated rings. The van der Waals surface area contributed by atoms with Crippen LogP contribution in [0.2, 0.25) is 0 Å². The first kappa shape index (κ1) is 13.4. The van der Waals surface area contributed by atoms with Gasteiger partial charge in [-0.2, -0.15) is 5.26 Å². The van der Waals surface area contributed by atoms with Gasteiger partial charge in [-0.3, -0.25) is 0 Å². The minimum atomic E-state index is -3.67. The standard InChI is InChI=1S/C9H16N2O4S/c1-2-8(5-10)16(13,14)11-6-9(12)3-4-15-7-9/h8,11-12H,2-4,6-7H2,1H3. The first-order valence-electron chi connectivity index (χ1n) is 5.12. The third-order valence-electron chi connectivity index (χ3n) is 2.57. The van der Waals surface area contributed by atoms with Gasteiger partial charge in [-0.25, -0.2) is 13.1 Å². The van der Waals surface area contributed by atoms with Crippen molar-refractivity contribution in [3.8, 4) is 6.07 Å².